The average Bonchev–Trinajstić information content (AvgIpc) is 1.14. The molecule has 0 radical (unpaired) electrons. The Labute approximate surface area is 535 Å². The molecule has 0 saturated carbocycles. The quantitative estimate of drug-likeness (QED) is 0.0272. The van der Waals surface area contributed by atoms with Gasteiger partial charge >= 0.3 is 5.97 Å². The highest BCUT2D eigenvalue weighted by Crippen LogP contribution is 2.15. The summed E-state index contributed by atoms with van der Waals surface area (Å²) in [5, 5.41) is 54.2. The molecule has 0 fully saturated rings. The van der Waals surface area contributed by atoms with Crippen LogP contribution in [0.2, 0.25) is 0 Å². The van der Waals surface area contributed by atoms with E-state index in [-0.39, 0.29) is 82.5 Å². The minimum Gasteiger partial charge on any atom is -0.508 e. The van der Waals surface area contributed by atoms with Crippen molar-refractivity contribution in [2.75, 3.05) is 38.2 Å². The average molecular weight is 1310 g/mol. The van der Waals surface area contributed by atoms with Crippen LogP contribution in [0, 0.1) is 11.8 Å². The second-order valence-electron chi connectivity index (χ2n) is 22.9. The summed E-state index contributed by atoms with van der Waals surface area (Å²) in [6.45, 7) is 7.74. The maximum absolute atomic E-state index is 14.6. The van der Waals surface area contributed by atoms with Crippen LogP contribution in [0.5, 0.6) is 5.75 Å². The molecule has 32 nitrogen and oxygen atoms in total. The van der Waals surface area contributed by atoms with Gasteiger partial charge in [0, 0.05) is 12.8 Å². The number of carboxylic acids is 1. The van der Waals surface area contributed by atoms with Crippen LogP contribution in [-0.4, -0.2) is 197 Å². The van der Waals surface area contributed by atoms with Crippen molar-refractivity contribution < 1.29 is 77.6 Å². The molecule has 91 heavy (non-hydrogen) atoms. The van der Waals surface area contributed by atoms with E-state index in [0.717, 1.165) is 0 Å². The molecular weight excluding hydrogens is 1210 g/mol. The summed E-state index contributed by atoms with van der Waals surface area (Å²) in [5.41, 5.74) is 34.3. The molecule has 1 aromatic carbocycles. The van der Waals surface area contributed by atoms with Crippen LogP contribution >= 0.6 is 11.8 Å². The zero-order valence-electron chi connectivity index (χ0n) is 53.0. The standard InChI is InChI=1S/C58H100N16O16S/c1-31(2)27-41(54(85)72-43(29-46(64)78)56(87)73-44(30-75)58(89)90)70-55(86)42(28-34-16-18-35(76)19-17-34)71-52(83)37(14-8-11-24-60)67-51(82)38(15-9-12-25-61)69-57(88)47(32(3)4)74-48(79)33(5)65-50(81)40(22-26-91-6)68-53(84)39(20-21-45(63)77)66-49(80)36(62)13-7-10-23-59/h16-19,31-33,36-44,47,75-76H,7-15,20-30,59-62H2,1-6H3,(H2,63,77)(H2,64,78)(H,65,81)(H,66,80)(H,67,82)(H,68,84)(H,69,88)(H,70,86)(H,71,83)(H,72,85)(H,73,87)(H,74,79)(H,89,90)/t33-,36-,37-,38-,39-,40-,41-,42-,43-,44-,47-/m0/s1. The van der Waals surface area contributed by atoms with Gasteiger partial charge in [0.05, 0.1) is 19.1 Å². The zero-order valence-corrected chi connectivity index (χ0v) is 53.8. The molecule has 11 atom stereocenters. The molecule has 12 amide bonds. The van der Waals surface area contributed by atoms with E-state index in [1.165, 1.54) is 43.0 Å². The molecule has 0 aromatic heterocycles. The van der Waals surface area contributed by atoms with E-state index in [1.807, 2.05) is 5.32 Å². The molecule has 1 rings (SSSR count). The third kappa shape index (κ3) is 32.2. The first-order chi connectivity index (χ1) is 42.9. The number of carbonyl (C=O) groups is 13. The Morgan fingerprint density at radius 2 is 0.890 bits per heavy atom. The minimum atomic E-state index is -1.81. The first-order valence-electron chi connectivity index (χ1n) is 30.5. The maximum atomic E-state index is 14.6. The molecule has 0 unspecified atom stereocenters. The number of unbranched alkanes of at least 4 members (excludes halogenated alkanes) is 3. The molecule has 0 bridgehead atoms. The van der Waals surface area contributed by atoms with Crippen LogP contribution in [0.4, 0.5) is 0 Å². The number of rotatable bonds is 47. The van der Waals surface area contributed by atoms with Crippen molar-refractivity contribution in [1.29, 1.82) is 0 Å². The Hall–Kier alpha value is -7.72. The van der Waals surface area contributed by atoms with Crippen molar-refractivity contribution >= 4 is 88.6 Å². The second-order valence-corrected chi connectivity index (χ2v) is 23.9. The lowest BCUT2D eigenvalue weighted by atomic mass is 9.99. The Morgan fingerprint density at radius 1 is 0.473 bits per heavy atom. The van der Waals surface area contributed by atoms with E-state index >= 15 is 0 Å². The molecule has 25 N–H and O–H groups in total. The number of phenolic OH excluding ortho intramolecular Hbond substituents is 1. The number of phenols is 1. The van der Waals surface area contributed by atoms with Crippen LogP contribution in [0.1, 0.15) is 130 Å². The molecule has 0 aliphatic heterocycles. The lowest BCUT2D eigenvalue weighted by Gasteiger charge is -2.29. The van der Waals surface area contributed by atoms with Gasteiger partial charge in [0.2, 0.25) is 70.9 Å². The highest BCUT2D eigenvalue weighted by atomic mass is 32.2. The number of hydrogen-bond acceptors (Lipinski definition) is 20. The molecule has 33 heteroatoms. The number of nitrogens with one attached hydrogen (secondary N) is 10. The van der Waals surface area contributed by atoms with Crippen molar-refractivity contribution in [3.05, 3.63) is 29.8 Å². The normalized spacial score (nSPS) is 14.8. The summed E-state index contributed by atoms with van der Waals surface area (Å²) < 4.78 is 0. The maximum Gasteiger partial charge on any atom is 0.328 e. The summed E-state index contributed by atoms with van der Waals surface area (Å²) in [7, 11) is 0. The highest BCUT2D eigenvalue weighted by Gasteiger charge is 2.37. The molecular formula is C58H100N16O16S. The fourth-order valence-electron chi connectivity index (χ4n) is 8.97. The van der Waals surface area contributed by atoms with Gasteiger partial charge in [-0.1, -0.05) is 46.2 Å². The number of amides is 12. The summed E-state index contributed by atoms with van der Waals surface area (Å²) in [4.78, 5) is 174. The summed E-state index contributed by atoms with van der Waals surface area (Å²) in [6.07, 6.45) is 2.93. The Kier molecular flexibility index (Phi) is 39.2. The number of thioether (sulfide) groups is 1. The van der Waals surface area contributed by atoms with Gasteiger partial charge < -0.3 is 103 Å². The number of carbonyl (C=O) groups excluding carboxylic acids is 12. The van der Waals surface area contributed by atoms with Gasteiger partial charge in [-0.2, -0.15) is 11.8 Å². The third-order valence-corrected chi connectivity index (χ3v) is 14.8. The number of aromatic hydroxyl groups is 1. The molecule has 0 spiro atoms. The molecule has 0 heterocycles. The first-order valence-corrected chi connectivity index (χ1v) is 31.9. The fraction of sp³-hybridized carbons (Fsp3) is 0.672. The topological polar surface area (TPSA) is 559 Å². The van der Waals surface area contributed by atoms with Gasteiger partial charge in [-0.05, 0) is 139 Å². The van der Waals surface area contributed by atoms with Gasteiger partial charge in [-0.25, -0.2) is 4.79 Å². The van der Waals surface area contributed by atoms with Gasteiger partial charge in [-0.3, -0.25) is 57.5 Å². The number of nitrogens with two attached hydrogens (primary N) is 6. The van der Waals surface area contributed by atoms with Crippen molar-refractivity contribution in [2.45, 2.75) is 197 Å². The summed E-state index contributed by atoms with van der Waals surface area (Å²) >= 11 is 1.36. The second kappa shape index (κ2) is 43.9. The number of aliphatic carboxylic acids is 1. The lowest BCUT2D eigenvalue weighted by molar-refractivity contribution is -0.143. The Balaban J connectivity index is 3.57. The smallest absolute Gasteiger partial charge is 0.328 e. The predicted molar refractivity (Wildman–Crippen MR) is 338 cm³/mol. The number of aliphatic hydroxyl groups is 1. The van der Waals surface area contributed by atoms with E-state index in [9.17, 15) is 77.6 Å². The van der Waals surface area contributed by atoms with E-state index in [2.05, 4.69) is 47.9 Å². The third-order valence-electron chi connectivity index (χ3n) is 14.2. The van der Waals surface area contributed by atoms with E-state index < -0.39 is 162 Å². The van der Waals surface area contributed by atoms with Crippen LogP contribution in [0.3, 0.4) is 0 Å². The predicted octanol–water partition coefficient (Wildman–Crippen LogP) is -4.81. The van der Waals surface area contributed by atoms with E-state index in [0.29, 0.717) is 50.0 Å². The number of primary amides is 2. The largest absolute Gasteiger partial charge is 0.508 e. The highest BCUT2D eigenvalue weighted by molar-refractivity contribution is 7.98. The van der Waals surface area contributed by atoms with Crippen LogP contribution < -0.4 is 87.6 Å². The monoisotopic (exact) mass is 1310 g/mol. The Bertz CT molecular complexity index is 2550. The van der Waals surface area contributed by atoms with Crippen molar-refractivity contribution in [3.8, 4) is 5.75 Å². The molecule has 514 valence electrons. The number of hydrogen-bond donors (Lipinski definition) is 19. The van der Waals surface area contributed by atoms with Crippen molar-refractivity contribution in [2.24, 2.45) is 46.2 Å². The van der Waals surface area contributed by atoms with Crippen molar-refractivity contribution in [3.63, 3.8) is 0 Å². The summed E-state index contributed by atoms with van der Waals surface area (Å²) in [5.74, 6) is -13.0. The minimum absolute atomic E-state index is 0.0102. The summed E-state index contributed by atoms with van der Waals surface area (Å²) in [6, 6.07) is -9.92. The first kappa shape index (κ1) is 81.3. The Morgan fingerprint density at radius 3 is 1.36 bits per heavy atom. The van der Waals surface area contributed by atoms with E-state index in [4.69, 9.17) is 34.4 Å². The van der Waals surface area contributed by atoms with Crippen LogP contribution in [0.25, 0.3) is 0 Å². The number of carboxylic acid groups (broad SMARTS) is 1. The van der Waals surface area contributed by atoms with Gasteiger partial charge in [0.25, 0.3) is 0 Å². The van der Waals surface area contributed by atoms with E-state index in [1.54, 1.807) is 34.0 Å². The van der Waals surface area contributed by atoms with Gasteiger partial charge in [0.15, 0.2) is 0 Å². The van der Waals surface area contributed by atoms with Gasteiger partial charge in [-0.15, -0.1) is 0 Å². The van der Waals surface area contributed by atoms with Crippen molar-refractivity contribution in [1.82, 2.24) is 53.2 Å². The lowest BCUT2D eigenvalue weighted by Crippen LogP contribution is -2.61. The zero-order chi connectivity index (χ0) is 68.9. The molecule has 0 aliphatic carbocycles. The van der Waals surface area contributed by atoms with Gasteiger partial charge in [0.1, 0.15) is 66.2 Å². The fourth-order valence-corrected chi connectivity index (χ4v) is 9.44. The molecule has 1 aromatic rings. The molecule has 0 aliphatic rings. The SMILES string of the molecule is CSCC[C@H](NC(=O)[C@H](CCC(N)=O)NC(=O)[C@@H](N)CCCCN)C(=O)N[C@@H](C)C(=O)N[C@H](C(=O)N[C@@H](CCCCN)C(=O)N[C@@H](CCCCN)C(=O)N[C@@H](Cc1ccc(O)cc1)C(=O)N[C@@H](CC(C)C)C(=O)N[C@@H](CC(N)=O)C(=O)N[C@@H](CO)C(=O)O)C(C)C. The van der Waals surface area contributed by atoms with Crippen LogP contribution in [-0.2, 0) is 68.7 Å². The van der Waals surface area contributed by atoms with Crippen LogP contribution in [0.15, 0.2) is 24.3 Å². The number of benzene rings is 1. The molecule has 0 saturated heterocycles. The number of aliphatic hydroxyl groups excluding tert-OH is 1.